The van der Waals surface area contributed by atoms with Crippen LogP contribution in [0, 0.1) is 6.92 Å². The van der Waals surface area contributed by atoms with Crippen LogP contribution in [0.25, 0.3) is 0 Å². The van der Waals surface area contributed by atoms with Crippen molar-refractivity contribution in [2.24, 2.45) is 0 Å². The van der Waals surface area contributed by atoms with Gasteiger partial charge in [0, 0.05) is 18.8 Å². The third kappa shape index (κ3) is 3.84. The zero-order chi connectivity index (χ0) is 19.6. The van der Waals surface area contributed by atoms with E-state index in [0.717, 1.165) is 17.0 Å². The largest absolute Gasteiger partial charge is 0.494 e. The maximum atomic E-state index is 13.0. The van der Waals surface area contributed by atoms with Gasteiger partial charge in [-0.05, 0) is 57.2 Å². The van der Waals surface area contributed by atoms with Gasteiger partial charge in [-0.1, -0.05) is 17.7 Å². The Balaban J connectivity index is 1.80. The van der Waals surface area contributed by atoms with Crippen molar-refractivity contribution in [1.82, 2.24) is 4.31 Å². The lowest BCUT2D eigenvalue weighted by Crippen LogP contribution is -2.57. The fourth-order valence-electron chi connectivity index (χ4n) is 3.17. The van der Waals surface area contributed by atoms with Crippen molar-refractivity contribution in [2.45, 2.75) is 31.7 Å². The topological polar surface area (TPSA) is 66.9 Å². The molecule has 27 heavy (non-hydrogen) atoms. The molecule has 0 aromatic heterocycles. The number of piperazine rings is 1. The summed E-state index contributed by atoms with van der Waals surface area (Å²) < 4.78 is 32.6. The molecule has 0 saturated carbocycles. The molecule has 1 aliphatic heterocycles. The number of carbonyl (C=O) groups excluding carboxylic acids is 1. The van der Waals surface area contributed by atoms with Gasteiger partial charge < -0.3 is 9.64 Å². The molecule has 7 heteroatoms. The SMILES string of the molecule is CCOc1ccc(N2CCN(S(=O)(=O)c3ccc(C)cc3)[C@H](C)C2=O)cc1. The molecule has 3 rings (SSSR count). The Bertz CT molecular complexity index is 908. The van der Waals surface area contributed by atoms with Gasteiger partial charge in [-0.3, -0.25) is 4.79 Å². The van der Waals surface area contributed by atoms with Crippen LogP contribution in [0.3, 0.4) is 0 Å². The maximum absolute atomic E-state index is 13.0. The molecule has 0 aliphatic carbocycles. The lowest BCUT2D eigenvalue weighted by Gasteiger charge is -2.38. The molecule has 6 nitrogen and oxygen atoms in total. The van der Waals surface area contributed by atoms with Crippen LogP contribution in [0.2, 0.25) is 0 Å². The second-order valence-electron chi connectivity index (χ2n) is 6.52. The van der Waals surface area contributed by atoms with Crippen molar-refractivity contribution in [2.75, 3.05) is 24.6 Å². The first-order valence-corrected chi connectivity index (χ1v) is 10.4. The molecule has 0 bridgehead atoms. The summed E-state index contributed by atoms with van der Waals surface area (Å²) >= 11 is 0. The summed E-state index contributed by atoms with van der Waals surface area (Å²) in [6, 6.07) is 13.2. The first-order valence-electron chi connectivity index (χ1n) is 8.97. The van der Waals surface area contributed by atoms with Gasteiger partial charge in [0.25, 0.3) is 0 Å². The molecule has 0 unspecified atom stereocenters. The monoisotopic (exact) mass is 388 g/mol. The average Bonchev–Trinajstić information content (AvgIpc) is 2.65. The molecule has 1 amide bonds. The van der Waals surface area contributed by atoms with Gasteiger partial charge in [0.2, 0.25) is 15.9 Å². The van der Waals surface area contributed by atoms with Gasteiger partial charge in [-0.2, -0.15) is 4.31 Å². The zero-order valence-electron chi connectivity index (χ0n) is 15.8. The number of sulfonamides is 1. The van der Waals surface area contributed by atoms with Crippen molar-refractivity contribution in [3.05, 3.63) is 54.1 Å². The number of hydrogen-bond acceptors (Lipinski definition) is 4. The number of aryl methyl sites for hydroxylation is 1. The number of benzene rings is 2. The van der Waals surface area contributed by atoms with Gasteiger partial charge in [0.05, 0.1) is 11.5 Å². The highest BCUT2D eigenvalue weighted by Gasteiger charge is 2.39. The molecule has 1 heterocycles. The number of ether oxygens (including phenoxy) is 1. The highest BCUT2D eigenvalue weighted by molar-refractivity contribution is 7.89. The van der Waals surface area contributed by atoms with Crippen molar-refractivity contribution < 1.29 is 17.9 Å². The number of nitrogens with zero attached hydrogens (tertiary/aromatic N) is 2. The lowest BCUT2D eigenvalue weighted by molar-refractivity contribution is -0.123. The molecule has 0 radical (unpaired) electrons. The maximum Gasteiger partial charge on any atom is 0.245 e. The Hall–Kier alpha value is -2.38. The van der Waals surface area contributed by atoms with E-state index < -0.39 is 16.1 Å². The number of rotatable bonds is 5. The normalized spacial score (nSPS) is 18.6. The van der Waals surface area contributed by atoms with Gasteiger partial charge in [-0.25, -0.2) is 8.42 Å². The minimum Gasteiger partial charge on any atom is -0.494 e. The van der Waals surface area contributed by atoms with Crippen LogP contribution in [0.15, 0.2) is 53.4 Å². The van der Waals surface area contributed by atoms with E-state index in [1.54, 1.807) is 36.1 Å². The molecular weight excluding hydrogens is 364 g/mol. The fourth-order valence-corrected chi connectivity index (χ4v) is 4.75. The quantitative estimate of drug-likeness (QED) is 0.790. The van der Waals surface area contributed by atoms with E-state index in [0.29, 0.717) is 13.2 Å². The van der Waals surface area contributed by atoms with Crippen LogP contribution >= 0.6 is 0 Å². The Morgan fingerprint density at radius 2 is 1.67 bits per heavy atom. The van der Waals surface area contributed by atoms with Gasteiger partial charge in [-0.15, -0.1) is 0 Å². The van der Waals surface area contributed by atoms with Crippen LogP contribution in [0.4, 0.5) is 5.69 Å². The summed E-state index contributed by atoms with van der Waals surface area (Å²) in [5.74, 6) is 0.503. The fraction of sp³-hybridized carbons (Fsp3) is 0.350. The molecular formula is C20H24N2O4S. The molecule has 2 aromatic carbocycles. The van der Waals surface area contributed by atoms with E-state index in [4.69, 9.17) is 4.74 Å². The lowest BCUT2D eigenvalue weighted by atomic mass is 10.2. The Kier molecular flexibility index (Phi) is 5.53. The van der Waals surface area contributed by atoms with E-state index in [9.17, 15) is 13.2 Å². The highest BCUT2D eigenvalue weighted by atomic mass is 32.2. The number of carbonyl (C=O) groups is 1. The Labute approximate surface area is 160 Å². The Morgan fingerprint density at radius 3 is 2.26 bits per heavy atom. The summed E-state index contributed by atoms with van der Waals surface area (Å²) in [6.45, 7) is 6.57. The minimum absolute atomic E-state index is 0.210. The summed E-state index contributed by atoms with van der Waals surface area (Å²) in [5, 5.41) is 0. The second-order valence-corrected chi connectivity index (χ2v) is 8.41. The third-order valence-electron chi connectivity index (χ3n) is 4.69. The smallest absolute Gasteiger partial charge is 0.245 e. The molecule has 0 spiro atoms. The van der Waals surface area contributed by atoms with Crippen LogP contribution in [-0.2, 0) is 14.8 Å². The van der Waals surface area contributed by atoms with E-state index in [-0.39, 0.29) is 17.3 Å². The predicted octanol–water partition coefficient (Wildman–Crippen LogP) is 2.82. The summed E-state index contributed by atoms with van der Waals surface area (Å²) in [5.41, 5.74) is 1.72. The standard InChI is InChI=1S/C20H24N2O4S/c1-4-26-18-9-7-17(8-10-18)21-13-14-22(16(3)20(21)23)27(24,25)19-11-5-15(2)6-12-19/h5-12,16H,4,13-14H2,1-3H3/t16-/m1/s1. The van der Waals surface area contributed by atoms with Crippen molar-refractivity contribution >= 4 is 21.6 Å². The van der Waals surface area contributed by atoms with Crippen molar-refractivity contribution in [1.29, 1.82) is 0 Å². The van der Waals surface area contributed by atoms with Crippen LogP contribution < -0.4 is 9.64 Å². The minimum atomic E-state index is -3.71. The predicted molar refractivity (Wildman–Crippen MR) is 104 cm³/mol. The van der Waals surface area contributed by atoms with E-state index in [1.807, 2.05) is 38.1 Å². The van der Waals surface area contributed by atoms with Crippen LogP contribution in [0.1, 0.15) is 19.4 Å². The zero-order valence-corrected chi connectivity index (χ0v) is 16.6. The molecule has 0 N–H and O–H groups in total. The molecule has 144 valence electrons. The van der Waals surface area contributed by atoms with Crippen LogP contribution in [0.5, 0.6) is 5.75 Å². The number of anilines is 1. The second kappa shape index (κ2) is 7.70. The molecule has 1 atom stereocenters. The molecule has 1 aliphatic rings. The Morgan fingerprint density at radius 1 is 1.04 bits per heavy atom. The van der Waals surface area contributed by atoms with Gasteiger partial charge in [0.1, 0.15) is 11.8 Å². The number of amides is 1. The van der Waals surface area contributed by atoms with Gasteiger partial charge in [0.15, 0.2) is 0 Å². The van der Waals surface area contributed by atoms with E-state index >= 15 is 0 Å². The molecule has 1 saturated heterocycles. The van der Waals surface area contributed by atoms with E-state index in [1.165, 1.54) is 4.31 Å². The molecule has 2 aromatic rings. The first kappa shape index (κ1) is 19.4. The summed E-state index contributed by atoms with van der Waals surface area (Å²) in [6.07, 6.45) is 0. The third-order valence-corrected chi connectivity index (χ3v) is 6.67. The summed E-state index contributed by atoms with van der Waals surface area (Å²) in [4.78, 5) is 14.7. The van der Waals surface area contributed by atoms with Crippen LogP contribution in [-0.4, -0.2) is 44.4 Å². The van der Waals surface area contributed by atoms with Crippen molar-refractivity contribution in [3.63, 3.8) is 0 Å². The van der Waals surface area contributed by atoms with Crippen molar-refractivity contribution in [3.8, 4) is 5.75 Å². The number of hydrogen-bond donors (Lipinski definition) is 0. The van der Waals surface area contributed by atoms with E-state index in [2.05, 4.69) is 0 Å². The highest BCUT2D eigenvalue weighted by Crippen LogP contribution is 2.27. The summed E-state index contributed by atoms with van der Waals surface area (Å²) in [7, 11) is -3.71. The first-order chi connectivity index (χ1) is 12.8. The van der Waals surface area contributed by atoms with Gasteiger partial charge >= 0.3 is 0 Å². The average molecular weight is 388 g/mol. The molecule has 1 fully saturated rings.